The molecule has 2 aliphatic rings. The molecule has 2 saturated heterocycles. The van der Waals surface area contributed by atoms with Crippen LogP contribution in [-0.4, -0.2) is 47.3 Å². The quantitative estimate of drug-likeness (QED) is 0.833. The number of para-hydroxylation sites is 1. The summed E-state index contributed by atoms with van der Waals surface area (Å²) in [5, 5.41) is 1.86. The number of benzene rings is 1. The number of rotatable bonds is 3. The molecule has 1 aromatic heterocycles. The summed E-state index contributed by atoms with van der Waals surface area (Å²) < 4.78 is 0. The van der Waals surface area contributed by atoms with E-state index < -0.39 is 5.91 Å². The molecule has 4 rings (SSSR count). The van der Waals surface area contributed by atoms with E-state index in [1.54, 1.807) is 12.3 Å². The van der Waals surface area contributed by atoms with Crippen LogP contribution in [0.25, 0.3) is 6.08 Å². The van der Waals surface area contributed by atoms with Crippen molar-refractivity contribution >= 4 is 40.5 Å². The third-order valence-corrected chi connectivity index (χ3v) is 5.10. The van der Waals surface area contributed by atoms with Gasteiger partial charge in [0.15, 0.2) is 5.82 Å². The fourth-order valence-corrected chi connectivity index (χ4v) is 3.63. The predicted octanol–water partition coefficient (Wildman–Crippen LogP) is 2.13. The molecule has 26 heavy (non-hydrogen) atoms. The Balaban J connectivity index is 1.45. The average Bonchev–Trinajstić information content (AvgIpc) is 3.00. The molecule has 132 valence electrons. The zero-order chi connectivity index (χ0) is 17.9. The van der Waals surface area contributed by atoms with Gasteiger partial charge in [-0.15, -0.1) is 0 Å². The summed E-state index contributed by atoms with van der Waals surface area (Å²) in [5.41, 5.74) is 1.23. The zero-order valence-electron chi connectivity index (χ0n) is 14.0. The molecule has 3 heterocycles. The maximum absolute atomic E-state index is 11.7. The minimum absolute atomic E-state index is 0.320. The molecular formula is C18H17N5O2S. The van der Waals surface area contributed by atoms with Crippen molar-refractivity contribution in [1.82, 2.24) is 15.3 Å². The smallest absolute Gasteiger partial charge is 0.290 e. The second-order valence-electron chi connectivity index (χ2n) is 5.93. The number of imide groups is 1. The number of hydrogen-bond acceptors (Lipinski definition) is 7. The van der Waals surface area contributed by atoms with Gasteiger partial charge in [-0.3, -0.25) is 14.9 Å². The van der Waals surface area contributed by atoms with Crippen molar-refractivity contribution < 1.29 is 9.59 Å². The fourth-order valence-electron chi connectivity index (χ4n) is 2.98. The summed E-state index contributed by atoms with van der Waals surface area (Å²) >= 11 is 0.869. The van der Waals surface area contributed by atoms with E-state index >= 15 is 0 Å². The summed E-state index contributed by atoms with van der Waals surface area (Å²) in [4.78, 5) is 36.5. The van der Waals surface area contributed by atoms with Gasteiger partial charge in [0.05, 0.1) is 4.91 Å². The SMILES string of the molecule is O=C1NC(=O)/C(=C/c2nccc(N3CCN(c4ccccc4)CC3)n2)S1. The molecule has 0 saturated carbocycles. The van der Waals surface area contributed by atoms with Crippen LogP contribution in [0.3, 0.4) is 0 Å². The standard InChI is InChI=1S/C18H17N5O2S/c24-17-14(26-18(25)21-17)12-15-19-7-6-16(20-15)23-10-8-22(9-11-23)13-4-2-1-3-5-13/h1-7,12H,8-11H2,(H,21,24,25)/b14-12-. The highest BCUT2D eigenvalue weighted by atomic mass is 32.2. The van der Waals surface area contributed by atoms with Crippen molar-refractivity contribution in [2.24, 2.45) is 0 Å². The van der Waals surface area contributed by atoms with Crippen molar-refractivity contribution in [3.05, 3.63) is 53.3 Å². The highest BCUT2D eigenvalue weighted by molar-refractivity contribution is 8.18. The van der Waals surface area contributed by atoms with E-state index in [0.717, 1.165) is 43.8 Å². The van der Waals surface area contributed by atoms with Crippen LogP contribution < -0.4 is 15.1 Å². The van der Waals surface area contributed by atoms with Gasteiger partial charge in [-0.1, -0.05) is 18.2 Å². The van der Waals surface area contributed by atoms with Crippen LogP contribution in [0.1, 0.15) is 5.82 Å². The third-order valence-electron chi connectivity index (χ3n) is 4.29. The molecule has 1 aromatic carbocycles. The molecule has 2 amide bonds. The highest BCUT2D eigenvalue weighted by Crippen LogP contribution is 2.25. The van der Waals surface area contributed by atoms with Gasteiger partial charge in [-0.2, -0.15) is 0 Å². The number of nitrogens with zero attached hydrogens (tertiary/aromatic N) is 4. The fraction of sp³-hybridized carbons (Fsp3) is 0.222. The van der Waals surface area contributed by atoms with Crippen LogP contribution in [0, 0.1) is 0 Å². The second-order valence-corrected chi connectivity index (χ2v) is 6.95. The first-order valence-electron chi connectivity index (χ1n) is 8.32. The minimum atomic E-state index is -0.398. The van der Waals surface area contributed by atoms with Crippen LogP contribution in [0.15, 0.2) is 47.5 Å². The lowest BCUT2D eigenvalue weighted by atomic mass is 10.2. The lowest BCUT2D eigenvalue weighted by Crippen LogP contribution is -2.46. The Hall–Kier alpha value is -2.87. The van der Waals surface area contributed by atoms with E-state index in [9.17, 15) is 9.59 Å². The summed E-state index contributed by atoms with van der Waals surface area (Å²) in [7, 11) is 0. The third kappa shape index (κ3) is 3.55. The van der Waals surface area contributed by atoms with E-state index in [1.807, 2.05) is 24.3 Å². The van der Waals surface area contributed by atoms with Crippen molar-refractivity contribution in [2.45, 2.75) is 0 Å². The molecular weight excluding hydrogens is 350 g/mol. The van der Waals surface area contributed by atoms with E-state index in [1.165, 1.54) is 5.69 Å². The van der Waals surface area contributed by atoms with Crippen LogP contribution >= 0.6 is 11.8 Å². The topological polar surface area (TPSA) is 78.4 Å². The van der Waals surface area contributed by atoms with Gasteiger partial charge in [-0.25, -0.2) is 9.97 Å². The highest BCUT2D eigenvalue weighted by Gasteiger charge is 2.25. The van der Waals surface area contributed by atoms with Gasteiger partial charge < -0.3 is 9.80 Å². The molecule has 2 aliphatic heterocycles. The first kappa shape index (κ1) is 16.6. The molecule has 0 unspecified atom stereocenters. The number of thioether (sulfide) groups is 1. The van der Waals surface area contributed by atoms with Crippen LogP contribution in [-0.2, 0) is 4.79 Å². The van der Waals surface area contributed by atoms with E-state index in [4.69, 9.17) is 0 Å². The van der Waals surface area contributed by atoms with Crippen LogP contribution in [0.5, 0.6) is 0 Å². The van der Waals surface area contributed by atoms with Gasteiger partial charge in [0.25, 0.3) is 11.1 Å². The number of carbonyl (C=O) groups excluding carboxylic acids is 2. The number of anilines is 2. The predicted molar refractivity (Wildman–Crippen MR) is 102 cm³/mol. The summed E-state index contributed by atoms with van der Waals surface area (Å²) in [6.45, 7) is 3.54. The van der Waals surface area contributed by atoms with Crippen molar-refractivity contribution in [1.29, 1.82) is 0 Å². The monoisotopic (exact) mass is 367 g/mol. The normalized spacial score (nSPS) is 19.2. The van der Waals surface area contributed by atoms with Gasteiger partial charge in [0.1, 0.15) is 5.82 Å². The molecule has 0 bridgehead atoms. The van der Waals surface area contributed by atoms with Crippen LogP contribution in [0.4, 0.5) is 16.3 Å². The first-order valence-corrected chi connectivity index (χ1v) is 9.13. The van der Waals surface area contributed by atoms with Gasteiger partial charge >= 0.3 is 0 Å². The Labute approximate surface area is 155 Å². The van der Waals surface area contributed by atoms with Crippen LogP contribution in [0.2, 0.25) is 0 Å². The molecule has 0 spiro atoms. The summed E-state index contributed by atoms with van der Waals surface area (Å²) in [6, 6.07) is 12.2. The maximum atomic E-state index is 11.7. The Bertz CT molecular complexity index is 863. The Kier molecular flexibility index (Phi) is 4.57. The molecule has 8 heteroatoms. The Morgan fingerprint density at radius 2 is 1.73 bits per heavy atom. The van der Waals surface area contributed by atoms with Crippen molar-refractivity contribution in [2.75, 3.05) is 36.0 Å². The van der Waals surface area contributed by atoms with Gasteiger partial charge in [-0.05, 0) is 30.0 Å². The Morgan fingerprint density at radius 3 is 2.42 bits per heavy atom. The van der Waals surface area contributed by atoms with Gasteiger partial charge in [0, 0.05) is 44.1 Å². The number of amides is 2. The van der Waals surface area contributed by atoms with E-state index in [2.05, 4.69) is 37.2 Å². The largest absolute Gasteiger partial charge is 0.368 e. The Morgan fingerprint density at radius 1 is 1.00 bits per heavy atom. The molecule has 7 nitrogen and oxygen atoms in total. The van der Waals surface area contributed by atoms with Crippen molar-refractivity contribution in [3.63, 3.8) is 0 Å². The molecule has 0 atom stereocenters. The summed E-state index contributed by atoms with van der Waals surface area (Å²) in [6.07, 6.45) is 3.23. The molecule has 2 aromatic rings. The maximum Gasteiger partial charge on any atom is 0.290 e. The molecule has 0 aliphatic carbocycles. The molecule has 0 radical (unpaired) electrons. The summed E-state index contributed by atoms with van der Waals surface area (Å²) in [5.74, 6) is 0.861. The van der Waals surface area contributed by atoms with Crippen molar-refractivity contribution in [3.8, 4) is 0 Å². The average molecular weight is 367 g/mol. The first-order chi connectivity index (χ1) is 12.7. The number of aromatic nitrogens is 2. The second kappa shape index (κ2) is 7.17. The number of carbonyl (C=O) groups is 2. The zero-order valence-corrected chi connectivity index (χ0v) is 14.8. The van der Waals surface area contributed by atoms with E-state index in [0.29, 0.717) is 10.7 Å². The number of nitrogens with one attached hydrogen (secondary N) is 1. The number of hydrogen-bond donors (Lipinski definition) is 1. The minimum Gasteiger partial charge on any atom is -0.368 e. The number of piperazine rings is 1. The van der Waals surface area contributed by atoms with E-state index in [-0.39, 0.29) is 5.24 Å². The molecule has 1 N–H and O–H groups in total. The van der Waals surface area contributed by atoms with Gasteiger partial charge in [0.2, 0.25) is 0 Å². The lowest BCUT2D eigenvalue weighted by molar-refractivity contribution is -0.115. The lowest BCUT2D eigenvalue weighted by Gasteiger charge is -2.36. The molecule has 2 fully saturated rings.